The van der Waals surface area contributed by atoms with Crippen LogP contribution < -0.4 is 15.0 Å². The maximum atomic E-state index is 11.6. The molecule has 1 aromatic carbocycles. The van der Waals surface area contributed by atoms with E-state index in [2.05, 4.69) is 5.32 Å². The molecule has 98 valence electrons. The highest BCUT2D eigenvalue weighted by molar-refractivity contribution is 5.97. The molecule has 2 rings (SSSR count). The Morgan fingerprint density at radius 2 is 2.33 bits per heavy atom. The molecule has 1 unspecified atom stereocenters. The fourth-order valence-electron chi connectivity index (χ4n) is 2.04. The lowest BCUT2D eigenvalue weighted by Gasteiger charge is -2.27. The smallest absolute Gasteiger partial charge is 0.264 e. The number of fused-ring (bicyclic) bond motifs is 1. The van der Waals surface area contributed by atoms with Crippen LogP contribution in [0.25, 0.3) is 0 Å². The van der Waals surface area contributed by atoms with Gasteiger partial charge in [0.2, 0.25) is 0 Å². The van der Waals surface area contributed by atoms with Crippen LogP contribution in [-0.4, -0.2) is 37.8 Å². The van der Waals surface area contributed by atoms with Gasteiger partial charge in [0.05, 0.1) is 18.3 Å². The molecule has 1 aromatic rings. The molecule has 1 amide bonds. The van der Waals surface area contributed by atoms with E-state index in [9.17, 15) is 9.90 Å². The van der Waals surface area contributed by atoms with Crippen molar-refractivity contribution in [3.63, 3.8) is 0 Å². The summed E-state index contributed by atoms with van der Waals surface area (Å²) >= 11 is 0. The molecule has 1 aliphatic heterocycles. The van der Waals surface area contributed by atoms with Crippen molar-refractivity contribution in [1.29, 1.82) is 0 Å². The predicted octanol–water partition coefficient (Wildman–Crippen LogP) is 0.685. The molecular weight excluding hydrogens is 232 g/mol. The number of ether oxygens (including phenoxy) is 1. The Hall–Kier alpha value is -1.59. The molecule has 1 heterocycles. The molecule has 0 saturated heterocycles. The van der Waals surface area contributed by atoms with Crippen LogP contribution in [0.2, 0.25) is 0 Å². The van der Waals surface area contributed by atoms with Crippen molar-refractivity contribution in [3.05, 3.63) is 23.8 Å². The summed E-state index contributed by atoms with van der Waals surface area (Å²) in [4.78, 5) is 13.2. The van der Waals surface area contributed by atoms with E-state index in [1.807, 2.05) is 25.1 Å². The molecule has 0 spiro atoms. The van der Waals surface area contributed by atoms with Gasteiger partial charge in [-0.2, -0.15) is 0 Å². The SMILES string of the molecule is CCNC(CO)c1ccc2c(c1)N(C)C(=O)CO2. The molecule has 1 aliphatic rings. The summed E-state index contributed by atoms with van der Waals surface area (Å²) in [5.74, 6) is 0.637. The number of rotatable bonds is 4. The Morgan fingerprint density at radius 1 is 1.56 bits per heavy atom. The molecule has 0 saturated carbocycles. The lowest BCUT2D eigenvalue weighted by molar-refractivity contribution is -0.120. The van der Waals surface area contributed by atoms with Crippen LogP contribution in [0, 0.1) is 0 Å². The maximum Gasteiger partial charge on any atom is 0.264 e. The van der Waals surface area contributed by atoms with Gasteiger partial charge >= 0.3 is 0 Å². The monoisotopic (exact) mass is 250 g/mol. The highest BCUT2D eigenvalue weighted by atomic mass is 16.5. The Bertz CT molecular complexity index is 448. The molecule has 18 heavy (non-hydrogen) atoms. The van der Waals surface area contributed by atoms with Gasteiger partial charge in [-0.25, -0.2) is 0 Å². The number of amides is 1. The van der Waals surface area contributed by atoms with Crippen LogP contribution in [0.4, 0.5) is 5.69 Å². The molecule has 0 radical (unpaired) electrons. The van der Waals surface area contributed by atoms with Crippen LogP contribution >= 0.6 is 0 Å². The summed E-state index contributed by atoms with van der Waals surface area (Å²) in [6, 6.07) is 5.51. The Labute approximate surface area is 106 Å². The minimum atomic E-state index is -0.120. The molecule has 0 bridgehead atoms. The van der Waals surface area contributed by atoms with Gasteiger partial charge in [-0.15, -0.1) is 0 Å². The molecular formula is C13H18N2O3. The van der Waals surface area contributed by atoms with E-state index < -0.39 is 0 Å². The first-order chi connectivity index (χ1) is 8.67. The van der Waals surface area contributed by atoms with Crippen LogP contribution in [0.1, 0.15) is 18.5 Å². The average Bonchev–Trinajstić information content (AvgIpc) is 2.40. The van der Waals surface area contributed by atoms with Gasteiger partial charge in [-0.1, -0.05) is 13.0 Å². The Morgan fingerprint density at radius 3 is 3.00 bits per heavy atom. The molecule has 1 atom stereocenters. The Kier molecular flexibility index (Phi) is 3.84. The minimum absolute atomic E-state index is 0.0190. The number of benzene rings is 1. The third-order valence-electron chi connectivity index (χ3n) is 3.11. The van der Waals surface area contributed by atoms with Gasteiger partial charge in [-0.05, 0) is 24.2 Å². The number of nitrogens with one attached hydrogen (secondary N) is 1. The topological polar surface area (TPSA) is 61.8 Å². The largest absolute Gasteiger partial charge is 0.482 e. The van der Waals surface area contributed by atoms with Crippen LogP contribution in [0.5, 0.6) is 5.75 Å². The van der Waals surface area contributed by atoms with Gasteiger partial charge < -0.3 is 20.1 Å². The summed E-state index contributed by atoms with van der Waals surface area (Å²) in [6.45, 7) is 2.86. The van der Waals surface area contributed by atoms with E-state index >= 15 is 0 Å². The summed E-state index contributed by atoms with van der Waals surface area (Å²) in [6.07, 6.45) is 0. The highest BCUT2D eigenvalue weighted by Crippen LogP contribution is 2.33. The van der Waals surface area contributed by atoms with Crippen molar-refractivity contribution >= 4 is 11.6 Å². The number of aliphatic hydroxyl groups excluding tert-OH is 1. The van der Waals surface area contributed by atoms with Crippen LogP contribution in [-0.2, 0) is 4.79 Å². The third kappa shape index (κ3) is 2.32. The molecule has 5 heteroatoms. The predicted molar refractivity (Wildman–Crippen MR) is 68.9 cm³/mol. The van der Waals surface area contributed by atoms with Crippen LogP contribution in [0.3, 0.4) is 0 Å². The van der Waals surface area contributed by atoms with Crippen molar-refractivity contribution < 1.29 is 14.6 Å². The van der Waals surface area contributed by atoms with E-state index in [0.717, 1.165) is 17.8 Å². The van der Waals surface area contributed by atoms with Crippen molar-refractivity contribution in [2.45, 2.75) is 13.0 Å². The second-order valence-electron chi connectivity index (χ2n) is 4.26. The van der Waals surface area contributed by atoms with Crippen LogP contribution in [0.15, 0.2) is 18.2 Å². The zero-order chi connectivity index (χ0) is 13.1. The average molecular weight is 250 g/mol. The second kappa shape index (κ2) is 5.37. The number of carbonyl (C=O) groups is 1. The van der Waals surface area contributed by atoms with E-state index in [-0.39, 0.29) is 25.2 Å². The molecule has 0 aliphatic carbocycles. The number of likely N-dealkylation sites (N-methyl/N-ethyl adjacent to an activating group) is 2. The Balaban J connectivity index is 2.33. The summed E-state index contributed by atoms with van der Waals surface area (Å²) in [5.41, 5.74) is 1.70. The van der Waals surface area contributed by atoms with Gasteiger partial charge in [-0.3, -0.25) is 4.79 Å². The maximum absolute atomic E-state index is 11.6. The van der Waals surface area contributed by atoms with Crippen molar-refractivity contribution in [1.82, 2.24) is 5.32 Å². The number of hydrogen-bond donors (Lipinski definition) is 2. The van der Waals surface area contributed by atoms with Crippen molar-refractivity contribution in [2.75, 3.05) is 31.7 Å². The number of nitrogens with zero attached hydrogens (tertiary/aromatic N) is 1. The normalized spacial score (nSPS) is 16.2. The number of hydrogen-bond acceptors (Lipinski definition) is 4. The van der Waals surface area contributed by atoms with Gasteiger partial charge in [0.15, 0.2) is 6.61 Å². The lowest BCUT2D eigenvalue weighted by Crippen LogP contribution is -2.35. The van der Waals surface area contributed by atoms with E-state index in [1.54, 1.807) is 11.9 Å². The number of carbonyl (C=O) groups excluding carboxylic acids is 1. The van der Waals surface area contributed by atoms with Gasteiger partial charge in [0.1, 0.15) is 5.75 Å². The number of aliphatic hydroxyl groups is 1. The molecule has 5 nitrogen and oxygen atoms in total. The first kappa shape index (κ1) is 12.9. The summed E-state index contributed by atoms with van der Waals surface area (Å²) in [7, 11) is 1.73. The zero-order valence-corrected chi connectivity index (χ0v) is 10.6. The van der Waals surface area contributed by atoms with Gasteiger partial charge in [0, 0.05) is 7.05 Å². The van der Waals surface area contributed by atoms with E-state index in [0.29, 0.717) is 5.75 Å². The quantitative estimate of drug-likeness (QED) is 0.825. The van der Waals surface area contributed by atoms with Crippen molar-refractivity contribution in [3.8, 4) is 5.75 Å². The first-order valence-electron chi connectivity index (χ1n) is 6.05. The van der Waals surface area contributed by atoms with Gasteiger partial charge in [0.25, 0.3) is 5.91 Å². The first-order valence-corrected chi connectivity index (χ1v) is 6.05. The summed E-state index contributed by atoms with van der Waals surface area (Å²) < 4.78 is 5.36. The fourth-order valence-corrected chi connectivity index (χ4v) is 2.04. The number of anilines is 1. The standard InChI is InChI=1S/C13H18N2O3/c1-3-14-10(7-16)9-4-5-12-11(6-9)15(2)13(17)8-18-12/h4-6,10,14,16H,3,7-8H2,1-2H3. The highest BCUT2D eigenvalue weighted by Gasteiger charge is 2.23. The summed E-state index contributed by atoms with van der Waals surface area (Å²) in [5, 5.41) is 12.5. The van der Waals surface area contributed by atoms with E-state index in [1.165, 1.54) is 0 Å². The van der Waals surface area contributed by atoms with E-state index in [4.69, 9.17) is 4.74 Å². The zero-order valence-electron chi connectivity index (χ0n) is 10.6. The molecule has 0 fully saturated rings. The van der Waals surface area contributed by atoms with Crippen molar-refractivity contribution in [2.24, 2.45) is 0 Å². The third-order valence-corrected chi connectivity index (χ3v) is 3.11. The molecule has 0 aromatic heterocycles. The fraction of sp³-hybridized carbons (Fsp3) is 0.462. The molecule has 2 N–H and O–H groups in total. The lowest BCUT2D eigenvalue weighted by atomic mass is 10.1. The second-order valence-corrected chi connectivity index (χ2v) is 4.26. The minimum Gasteiger partial charge on any atom is -0.482 e.